The van der Waals surface area contributed by atoms with E-state index in [0.29, 0.717) is 17.7 Å². The molecule has 3 heterocycles. The molecule has 0 unspecified atom stereocenters. The Morgan fingerprint density at radius 1 is 1.11 bits per heavy atom. The number of pyridine rings is 1. The van der Waals surface area contributed by atoms with Crippen LogP contribution in [-0.4, -0.2) is 62.1 Å². The first kappa shape index (κ1) is 33.1. The van der Waals surface area contributed by atoms with Crippen molar-refractivity contribution in [1.82, 2.24) is 9.88 Å². The van der Waals surface area contributed by atoms with Crippen molar-refractivity contribution in [2.24, 2.45) is 10.9 Å². The molecular weight excluding hydrogens is 611 g/mol. The van der Waals surface area contributed by atoms with Gasteiger partial charge in [0, 0.05) is 34.9 Å². The minimum atomic E-state index is -0.594. The molecule has 244 valence electrons. The fourth-order valence-electron chi connectivity index (χ4n) is 7.42. The van der Waals surface area contributed by atoms with Gasteiger partial charge in [-0.3, -0.25) is 4.98 Å². The number of likely N-dealkylation sites (tertiary alicyclic amines) is 1. The van der Waals surface area contributed by atoms with Gasteiger partial charge in [0.15, 0.2) is 11.5 Å². The van der Waals surface area contributed by atoms with Gasteiger partial charge in [0.25, 0.3) is 0 Å². The first-order valence-electron chi connectivity index (χ1n) is 16.5. The van der Waals surface area contributed by atoms with Crippen LogP contribution in [0.5, 0.6) is 11.5 Å². The number of aliphatic imine (C=N–C) groups is 1. The standard InChI is InChI=1S/C21H28N2S2.C17H19NO3/c1-5-6-14-24-20(23-19-8-7-13-22-15-19)25-16-17-9-11-18(12-10-17)21(2,3)4;1-18-7-6-17-10-3-5-13(20)16(17)21-15-12(19)4-2-9(14(15)17)8-11(10)18/h7-13,15H,5-6,14,16H2,1-4H3;2-5,10-11,13,16,19-20H,6-8H2,1H3/b23-20+;/t;10-,11+,13-,16-,17-/m.0/s1. The third-order valence-corrected chi connectivity index (χ3v) is 12.3. The Labute approximate surface area is 282 Å². The molecule has 0 radical (unpaired) electrons. The quantitative estimate of drug-likeness (QED) is 0.120. The highest BCUT2D eigenvalue weighted by atomic mass is 32.2. The van der Waals surface area contributed by atoms with Crippen molar-refractivity contribution in [3.63, 3.8) is 0 Å². The van der Waals surface area contributed by atoms with Crippen LogP contribution in [-0.2, 0) is 23.0 Å². The summed E-state index contributed by atoms with van der Waals surface area (Å²) < 4.78 is 7.21. The van der Waals surface area contributed by atoms with Crippen LogP contribution in [0.25, 0.3) is 0 Å². The SMILES string of the molecule is CCCCS/C(=N\c1cccnc1)SCc1ccc(C(C)(C)C)cc1.CN1CC[C@]23c4c5ccc(O)c4O[C@H]2[C@@H](O)C=C[C@H]3[C@H]1C5. The van der Waals surface area contributed by atoms with Crippen molar-refractivity contribution in [3.8, 4) is 11.5 Å². The number of likely N-dealkylation sites (N-methyl/N-ethyl adjacent to an activating group) is 1. The van der Waals surface area contributed by atoms with E-state index in [4.69, 9.17) is 9.73 Å². The lowest BCUT2D eigenvalue weighted by Crippen LogP contribution is -2.64. The Bertz CT molecular complexity index is 1570. The van der Waals surface area contributed by atoms with E-state index < -0.39 is 6.10 Å². The molecule has 2 aromatic carbocycles. The van der Waals surface area contributed by atoms with E-state index in [0.717, 1.165) is 41.0 Å². The topological polar surface area (TPSA) is 78.2 Å². The lowest BCUT2D eigenvalue weighted by Gasteiger charge is -2.56. The molecule has 5 atom stereocenters. The van der Waals surface area contributed by atoms with Gasteiger partial charge in [-0.2, -0.15) is 0 Å². The van der Waals surface area contributed by atoms with Crippen molar-refractivity contribution in [1.29, 1.82) is 0 Å². The number of benzene rings is 2. The summed E-state index contributed by atoms with van der Waals surface area (Å²) >= 11 is 3.67. The maximum atomic E-state index is 10.4. The number of unbranched alkanes of at least 4 members (excludes halogenated alkanes) is 1. The Hall–Kier alpha value is -2.78. The molecule has 1 fully saturated rings. The van der Waals surface area contributed by atoms with Crippen LogP contribution in [0.3, 0.4) is 0 Å². The number of aliphatic hydroxyl groups is 1. The highest BCUT2D eigenvalue weighted by molar-refractivity contribution is 8.38. The van der Waals surface area contributed by atoms with Crippen LogP contribution in [0.2, 0.25) is 0 Å². The number of rotatable bonds is 6. The molecule has 46 heavy (non-hydrogen) atoms. The Morgan fingerprint density at radius 3 is 2.63 bits per heavy atom. The maximum Gasteiger partial charge on any atom is 0.165 e. The van der Waals surface area contributed by atoms with Gasteiger partial charge < -0.3 is 19.8 Å². The van der Waals surface area contributed by atoms with Crippen LogP contribution in [0.15, 0.2) is 78.1 Å². The van der Waals surface area contributed by atoms with Gasteiger partial charge in [-0.25, -0.2) is 4.99 Å². The van der Waals surface area contributed by atoms with E-state index in [1.165, 1.54) is 35.1 Å². The van der Waals surface area contributed by atoms with Crippen LogP contribution in [0, 0.1) is 5.92 Å². The summed E-state index contributed by atoms with van der Waals surface area (Å²) in [6, 6.07) is 17.1. The number of phenols is 1. The van der Waals surface area contributed by atoms with E-state index in [1.54, 1.807) is 12.3 Å². The van der Waals surface area contributed by atoms with Gasteiger partial charge in [-0.05, 0) is 78.9 Å². The van der Waals surface area contributed by atoms with Gasteiger partial charge in [0.2, 0.25) is 0 Å². The minimum Gasteiger partial charge on any atom is -0.504 e. The first-order chi connectivity index (χ1) is 22.1. The third-order valence-electron chi connectivity index (χ3n) is 9.92. The normalized spacial score (nSPS) is 26.2. The number of nitrogens with zero attached hydrogens (tertiary/aromatic N) is 3. The highest BCUT2D eigenvalue weighted by Gasteiger charge is 2.64. The second-order valence-electron chi connectivity index (χ2n) is 14.0. The number of phenolic OH excluding ortho intramolecular Hbond substituents is 1. The van der Waals surface area contributed by atoms with Gasteiger partial charge in [0.05, 0.1) is 11.9 Å². The van der Waals surface area contributed by atoms with E-state index in [-0.39, 0.29) is 22.7 Å². The number of ether oxygens (including phenoxy) is 1. The maximum absolute atomic E-state index is 10.4. The average molecular weight is 658 g/mol. The van der Waals surface area contributed by atoms with Crippen molar-refractivity contribution < 1.29 is 14.9 Å². The smallest absolute Gasteiger partial charge is 0.165 e. The fourth-order valence-corrected chi connectivity index (χ4v) is 9.61. The summed E-state index contributed by atoms with van der Waals surface area (Å²) in [5.41, 5.74) is 6.14. The van der Waals surface area contributed by atoms with Crippen molar-refractivity contribution in [3.05, 3.63) is 95.3 Å². The summed E-state index contributed by atoms with van der Waals surface area (Å²) in [6.45, 7) is 9.98. The van der Waals surface area contributed by atoms with E-state index >= 15 is 0 Å². The molecule has 6 nitrogen and oxygen atoms in total. The van der Waals surface area contributed by atoms with Crippen molar-refractivity contribution in [2.75, 3.05) is 19.3 Å². The summed E-state index contributed by atoms with van der Waals surface area (Å²) in [4.78, 5) is 11.4. The van der Waals surface area contributed by atoms with Gasteiger partial charge >= 0.3 is 0 Å². The number of hydrogen-bond donors (Lipinski definition) is 2. The van der Waals surface area contributed by atoms with Crippen molar-refractivity contribution in [2.45, 2.75) is 88.2 Å². The predicted molar refractivity (Wildman–Crippen MR) is 193 cm³/mol. The molecule has 1 spiro atoms. The number of aliphatic hydroxyl groups excluding tert-OH is 1. The lowest BCUT2D eigenvalue weighted by molar-refractivity contribution is -0.0453. The molecular formula is C38H47N3O3S2. The highest BCUT2D eigenvalue weighted by Crippen LogP contribution is 2.62. The Kier molecular flexibility index (Phi) is 9.91. The molecule has 2 aliphatic carbocycles. The Balaban J connectivity index is 0.000000163. The number of piperidine rings is 1. The van der Waals surface area contributed by atoms with Crippen LogP contribution >= 0.6 is 23.5 Å². The number of hydrogen-bond acceptors (Lipinski definition) is 8. The minimum absolute atomic E-state index is 0.160. The molecule has 3 aromatic rings. The first-order valence-corrected chi connectivity index (χ1v) is 18.5. The molecule has 0 amide bonds. The number of thioether (sulfide) groups is 2. The second-order valence-corrected chi connectivity index (χ2v) is 16.3. The average Bonchev–Trinajstić information content (AvgIpc) is 3.41. The van der Waals surface area contributed by atoms with Gasteiger partial charge in [-0.1, -0.05) is 100 Å². The second kappa shape index (κ2) is 13.8. The lowest BCUT2D eigenvalue weighted by atomic mass is 9.53. The van der Waals surface area contributed by atoms with E-state index in [1.807, 2.05) is 54.0 Å². The van der Waals surface area contributed by atoms with Crippen LogP contribution in [0.4, 0.5) is 5.69 Å². The van der Waals surface area contributed by atoms with E-state index in [9.17, 15) is 10.2 Å². The number of aromatic nitrogens is 1. The summed E-state index contributed by atoms with van der Waals surface area (Å²) in [6.07, 6.45) is 11.2. The van der Waals surface area contributed by atoms with Crippen LogP contribution in [0.1, 0.15) is 69.2 Å². The molecule has 2 bridgehead atoms. The monoisotopic (exact) mass is 657 g/mol. The van der Waals surface area contributed by atoms with E-state index in [2.05, 4.69) is 75.0 Å². The molecule has 4 aliphatic rings. The predicted octanol–water partition coefficient (Wildman–Crippen LogP) is 8.03. The molecule has 7 rings (SSSR count). The number of aromatic hydroxyl groups is 1. The van der Waals surface area contributed by atoms with Crippen molar-refractivity contribution >= 4 is 33.6 Å². The largest absolute Gasteiger partial charge is 0.504 e. The fraction of sp³-hybridized carbons (Fsp3) is 0.474. The zero-order chi connectivity index (χ0) is 32.5. The van der Waals surface area contributed by atoms with Crippen LogP contribution < -0.4 is 4.74 Å². The zero-order valence-corrected chi connectivity index (χ0v) is 29.3. The zero-order valence-electron chi connectivity index (χ0n) is 27.6. The molecule has 2 N–H and O–H groups in total. The van der Waals surface area contributed by atoms with Gasteiger partial charge in [0.1, 0.15) is 16.6 Å². The molecule has 1 aromatic heterocycles. The third kappa shape index (κ3) is 6.51. The molecule has 0 saturated carbocycles. The summed E-state index contributed by atoms with van der Waals surface area (Å²) in [5, 5.41) is 20.6. The summed E-state index contributed by atoms with van der Waals surface area (Å²) in [5.74, 6) is 3.25. The molecule has 8 heteroatoms. The molecule has 2 aliphatic heterocycles. The summed E-state index contributed by atoms with van der Waals surface area (Å²) in [7, 11) is 2.19. The molecule has 1 saturated heterocycles. The van der Waals surface area contributed by atoms with Gasteiger partial charge in [-0.15, -0.1) is 0 Å². The Morgan fingerprint density at radius 2 is 1.91 bits per heavy atom.